The Morgan fingerprint density at radius 3 is 2.60 bits per heavy atom. The lowest BCUT2D eigenvalue weighted by atomic mass is 9.79. The maximum Gasteiger partial charge on any atom is 0.491 e. The highest BCUT2D eigenvalue weighted by molar-refractivity contribution is 7.90. The number of Topliss-reactive ketones (excluding diaryl/α,β-unsaturated/α-hetero) is 1. The Hall–Kier alpha value is -2.56. The molecule has 0 amide bonds. The number of ketones is 1. The van der Waals surface area contributed by atoms with Crippen molar-refractivity contribution in [2.45, 2.75) is 37.0 Å². The number of hydrogen-bond donors (Lipinski definition) is 1. The molecular weight excluding hydrogens is 414 g/mol. The summed E-state index contributed by atoms with van der Waals surface area (Å²) in [6.45, 7) is 1.45. The number of hydrogen-bond acceptors (Lipinski definition) is 7. The van der Waals surface area contributed by atoms with Crippen LogP contribution in [0, 0.1) is 5.82 Å². The molecule has 1 heterocycles. The van der Waals surface area contributed by atoms with E-state index in [2.05, 4.69) is 4.74 Å². The summed E-state index contributed by atoms with van der Waals surface area (Å²) in [6, 6.07) is 6.72. The third kappa shape index (κ3) is 4.77. The normalized spacial score (nSPS) is 13.3. The van der Waals surface area contributed by atoms with E-state index in [9.17, 15) is 27.4 Å². The van der Waals surface area contributed by atoms with E-state index in [0.29, 0.717) is 16.6 Å². The second-order valence-electron chi connectivity index (χ2n) is 7.14. The van der Waals surface area contributed by atoms with Crippen LogP contribution in [0.5, 0.6) is 0 Å². The van der Waals surface area contributed by atoms with Crippen LogP contribution in [0.3, 0.4) is 0 Å². The lowest BCUT2D eigenvalue weighted by Crippen LogP contribution is -2.29. The van der Waals surface area contributed by atoms with Gasteiger partial charge in [0.25, 0.3) is 0 Å². The minimum atomic E-state index is -4.06. The molecule has 0 aromatic heterocycles. The van der Waals surface area contributed by atoms with Crippen molar-refractivity contribution in [1.29, 1.82) is 0 Å². The Labute approximate surface area is 173 Å². The summed E-state index contributed by atoms with van der Waals surface area (Å²) in [5.74, 6) is -2.15. The van der Waals surface area contributed by atoms with Crippen LogP contribution in [0.2, 0.25) is 0 Å². The van der Waals surface area contributed by atoms with Crippen LogP contribution in [0.15, 0.2) is 35.2 Å². The van der Waals surface area contributed by atoms with Gasteiger partial charge in [-0.3, -0.25) is 9.59 Å². The molecule has 0 spiro atoms. The predicted octanol–water partition coefficient (Wildman–Crippen LogP) is 0.864. The fraction of sp³-hybridized carbons (Fsp3) is 0.300. The van der Waals surface area contributed by atoms with E-state index >= 15 is 0 Å². The van der Waals surface area contributed by atoms with Gasteiger partial charge in [0.2, 0.25) is 0 Å². The van der Waals surface area contributed by atoms with Crippen molar-refractivity contribution in [2.24, 2.45) is 0 Å². The monoisotopic (exact) mass is 434 g/mol. The molecular formula is C20H20BFO7S. The molecule has 0 saturated carbocycles. The zero-order chi connectivity index (χ0) is 22.1. The molecule has 0 aliphatic carbocycles. The molecule has 30 heavy (non-hydrogen) atoms. The molecule has 1 aliphatic heterocycles. The minimum absolute atomic E-state index is 0.0430. The summed E-state index contributed by atoms with van der Waals surface area (Å²) in [5.41, 5.74) is 1.40. The average Bonchev–Trinajstić information content (AvgIpc) is 3.01. The maximum atomic E-state index is 14.5. The van der Waals surface area contributed by atoms with E-state index in [1.165, 1.54) is 38.3 Å². The van der Waals surface area contributed by atoms with Gasteiger partial charge >= 0.3 is 13.1 Å². The first-order chi connectivity index (χ1) is 14.1. The smallest absolute Gasteiger partial charge is 0.469 e. The molecule has 3 rings (SSSR count). The van der Waals surface area contributed by atoms with Gasteiger partial charge in [0.05, 0.1) is 30.8 Å². The van der Waals surface area contributed by atoms with Gasteiger partial charge in [-0.05, 0) is 41.2 Å². The van der Waals surface area contributed by atoms with Crippen LogP contribution in [0.1, 0.15) is 29.2 Å². The first-order valence-corrected chi connectivity index (χ1v) is 10.8. The van der Waals surface area contributed by atoms with Crippen LogP contribution < -0.4 is 5.46 Å². The summed E-state index contributed by atoms with van der Waals surface area (Å²) in [4.78, 5) is 23.0. The van der Waals surface area contributed by atoms with Gasteiger partial charge in [0, 0.05) is 12.0 Å². The minimum Gasteiger partial charge on any atom is -0.469 e. The molecule has 2 aromatic carbocycles. The largest absolute Gasteiger partial charge is 0.491 e. The lowest BCUT2D eigenvalue weighted by Gasteiger charge is -2.13. The first-order valence-electron chi connectivity index (χ1n) is 9.12. The van der Waals surface area contributed by atoms with Crippen molar-refractivity contribution in [3.8, 4) is 0 Å². The van der Waals surface area contributed by atoms with E-state index < -0.39 is 34.5 Å². The maximum absolute atomic E-state index is 14.5. The molecule has 0 bridgehead atoms. The van der Waals surface area contributed by atoms with E-state index in [1.54, 1.807) is 0 Å². The summed E-state index contributed by atoms with van der Waals surface area (Å²) < 4.78 is 50.3. The topological polar surface area (TPSA) is 107 Å². The van der Waals surface area contributed by atoms with E-state index in [4.69, 9.17) is 4.65 Å². The predicted molar refractivity (Wildman–Crippen MR) is 106 cm³/mol. The van der Waals surface area contributed by atoms with Crippen molar-refractivity contribution >= 4 is 34.2 Å². The molecule has 7 nitrogen and oxygen atoms in total. The van der Waals surface area contributed by atoms with E-state index in [-0.39, 0.29) is 41.3 Å². The SMILES string of the molecule is COC(=O)Cc1cc(CC(C)=O)ccc1S(=O)(=O)Cc1cc2c(cc1F)COB2O. The van der Waals surface area contributed by atoms with Gasteiger partial charge in [-0.25, -0.2) is 12.8 Å². The van der Waals surface area contributed by atoms with Gasteiger partial charge in [-0.2, -0.15) is 0 Å². The third-order valence-corrected chi connectivity index (χ3v) is 6.55. The van der Waals surface area contributed by atoms with E-state index in [1.807, 2.05) is 0 Å². The molecule has 10 heteroatoms. The van der Waals surface area contributed by atoms with Crippen molar-refractivity contribution in [1.82, 2.24) is 0 Å². The van der Waals surface area contributed by atoms with Gasteiger partial charge in [0.1, 0.15) is 11.6 Å². The molecule has 1 N–H and O–H groups in total. The van der Waals surface area contributed by atoms with Crippen LogP contribution in [-0.4, -0.2) is 39.4 Å². The Kier molecular flexibility index (Phi) is 6.40. The van der Waals surface area contributed by atoms with Crippen LogP contribution >= 0.6 is 0 Å². The van der Waals surface area contributed by atoms with Gasteiger partial charge in [-0.15, -0.1) is 0 Å². The van der Waals surface area contributed by atoms with Gasteiger partial charge < -0.3 is 14.4 Å². The van der Waals surface area contributed by atoms with E-state index in [0.717, 1.165) is 6.07 Å². The zero-order valence-corrected chi connectivity index (χ0v) is 17.3. The van der Waals surface area contributed by atoms with Crippen molar-refractivity contribution in [3.63, 3.8) is 0 Å². The number of carbonyl (C=O) groups is 2. The quantitative estimate of drug-likeness (QED) is 0.509. The number of carbonyl (C=O) groups excluding carboxylic acids is 2. The van der Waals surface area contributed by atoms with Gasteiger partial charge in [-0.1, -0.05) is 18.2 Å². The third-order valence-electron chi connectivity index (χ3n) is 4.79. The molecule has 0 radical (unpaired) electrons. The number of fused-ring (bicyclic) bond motifs is 1. The van der Waals surface area contributed by atoms with Gasteiger partial charge in [0.15, 0.2) is 9.84 Å². The molecule has 0 unspecified atom stereocenters. The summed E-state index contributed by atoms with van der Waals surface area (Å²) in [7, 11) is -4.11. The number of esters is 1. The molecule has 1 aliphatic rings. The summed E-state index contributed by atoms with van der Waals surface area (Å²) >= 11 is 0. The number of benzene rings is 2. The highest BCUT2D eigenvalue weighted by Gasteiger charge is 2.30. The Morgan fingerprint density at radius 1 is 1.20 bits per heavy atom. The van der Waals surface area contributed by atoms with Crippen molar-refractivity contribution in [3.05, 3.63) is 58.4 Å². The molecule has 0 atom stereocenters. The Bertz CT molecular complexity index is 1110. The molecule has 158 valence electrons. The highest BCUT2D eigenvalue weighted by Crippen LogP contribution is 2.25. The lowest BCUT2D eigenvalue weighted by molar-refractivity contribution is -0.139. The summed E-state index contributed by atoms with van der Waals surface area (Å²) in [5, 5.41) is 9.81. The number of methoxy groups -OCH3 is 1. The fourth-order valence-corrected chi connectivity index (χ4v) is 4.98. The molecule has 0 saturated heterocycles. The zero-order valence-electron chi connectivity index (χ0n) is 16.5. The molecule has 2 aromatic rings. The number of rotatable bonds is 7. The summed E-state index contributed by atoms with van der Waals surface area (Å²) in [6.07, 6.45) is -0.220. The number of sulfone groups is 1. The van der Waals surface area contributed by atoms with Crippen LogP contribution in [-0.2, 0) is 54.0 Å². The van der Waals surface area contributed by atoms with Crippen molar-refractivity contribution < 1.29 is 36.8 Å². The Balaban J connectivity index is 2.00. The van der Waals surface area contributed by atoms with Crippen LogP contribution in [0.25, 0.3) is 0 Å². The number of halogens is 1. The standard InChI is InChI=1S/C20H20BFO7S/c1-12(23)5-13-3-4-19(14(6-13)9-20(24)28-2)30(26,27)11-16-7-17-15(8-18(16)22)10-29-21(17)25/h3-4,6-8,25H,5,9-11H2,1-2H3. The second-order valence-corrected chi connectivity index (χ2v) is 9.10. The molecule has 0 fully saturated rings. The highest BCUT2D eigenvalue weighted by atomic mass is 32.2. The second kappa shape index (κ2) is 8.67. The first kappa shape index (κ1) is 22.1. The number of ether oxygens (including phenoxy) is 1. The Morgan fingerprint density at radius 2 is 1.93 bits per heavy atom. The average molecular weight is 434 g/mol. The van der Waals surface area contributed by atoms with Crippen molar-refractivity contribution in [2.75, 3.05) is 7.11 Å². The van der Waals surface area contributed by atoms with Crippen LogP contribution in [0.4, 0.5) is 4.39 Å². The fourth-order valence-electron chi connectivity index (χ4n) is 3.38.